The highest BCUT2D eigenvalue weighted by molar-refractivity contribution is 6.32. The van der Waals surface area contributed by atoms with Gasteiger partial charge in [-0.25, -0.2) is 5.43 Å². The Labute approximate surface area is 173 Å². The number of hydrazone groups is 1. The zero-order valence-electron chi connectivity index (χ0n) is 15.9. The van der Waals surface area contributed by atoms with Crippen molar-refractivity contribution in [3.05, 3.63) is 65.4 Å². The van der Waals surface area contributed by atoms with Gasteiger partial charge < -0.3 is 19.2 Å². The molecule has 2 N–H and O–H groups in total. The number of nitrogens with zero attached hydrogens (tertiary/aromatic N) is 1. The number of ether oxygens (including phenoxy) is 2. The zero-order valence-corrected chi connectivity index (χ0v) is 16.7. The van der Waals surface area contributed by atoms with Crippen molar-refractivity contribution in [3.63, 3.8) is 0 Å². The van der Waals surface area contributed by atoms with Crippen LogP contribution in [-0.2, 0) is 4.79 Å². The van der Waals surface area contributed by atoms with Gasteiger partial charge >= 0.3 is 0 Å². The number of halogens is 1. The number of furan rings is 1. The Bertz CT molecular complexity index is 1020. The molecule has 0 spiro atoms. The van der Waals surface area contributed by atoms with E-state index in [4.69, 9.17) is 25.5 Å². The number of hydrogen-bond acceptors (Lipinski definition) is 6. The Kier molecular flexibility index (Phi) is 6.76. The molecule has 0 atom stereocenters. The quantitative estimate of drug-likeness (QED) is 0.427. The lowest BCUT2D eigenvalue weighted by Gasteiger charge is -2.09. The largest absolute Gasteiger partial charge is 0.495 e. The zero-order chi connectivity index (χ0) is 20.6. The Morgan fingerprint density at radius 3 is 2.66 bits per heavy atom. The molecular formula is C21H20ClN3O4. The summed E-state index contributed by atoms with van der Waals surface area (Å²) in [5.41, 5.74) is 3.97. The number of rotatable bonds is 8. The van der Waals surface area contributed by atoms with Gasteiger partial charge in [0.2, 0.25) is 0 Å². The van der Waals surface area contributed by atoms with Crippen molar-refractivity contribution in [2.45, 2.75) is 0 Å². The Balaban J connectivity index is 1.54. The summed E-state index contributed by atoms with van der Waals surface area (Å²) in [7, 11) is 3.13. The fraction of sp³-hybridized carbons (Fsp3) is 0.143. The molecule has 2 aromatic carbocycles. The number of benzene rings is 2. The maximum atomic E-state index is 11.9. The minimum absolute atomic E-state index is 0.0471. The summed E-state index contributed by atoms with van der Waals surface area (Å²) in [6.45, 7) is 0.0471. The molecule has 1 amide bonds. The predicted octanol–water partition coefficient (Wildman–Crippen LogP) is 4.18. The summed E-state index contributed by atoms with van der Waals surface area (Å²) in [5, 5.41) is 7.40. The molecule has 29 heavy (non-hydrogen) atoms. The van der Waals surface area contributed by atoms with Crippen LogP contribution in [0.15, 0.2) is 64.1 Å². The minimum Gasteiger partial charge on any atom is -0.495 e. The number of para-hydroxylation sites is 2. The van der Waals surface area contributed by atoms with Gasteiger partial charge in [0, 0.05) is 5.56 Å². The van der Waals surface area contributed by atoms with Crippen molar-refractivity contribution in [2.24, 2.45) is 5.10 Å². The molecule has 0 radical (unpaired) electrons. The second-order valence-electron chi connectivity index (χ2n) is 5.90. The van der Waals surface area contributed by atoms with E-state index in [9.17, 15) is 4.79 Å². The highest BCUT2D eigenvalue weighted by Gasteiger charge is 2.08. The van der Waals surface area contributed by atoms with Gasteiger partial charge in [0.15, 0.2) is 0 Å². The van der Waals surface area contributed by atoms with E-state index in [1.54, 1.807) is 38.5 Å². The molecule has 150 valence electrons. The molecule has 0 fully saturated rings. The van der Waals surface area contributed by atoms with E-state index >= 15 is 0 Å². The molecule has 8 heteroatoms. The Hall–Kier alpha value is -3.45. The molecule has 0 unspecified atom stereocenters. The average Bonchev–Trinajstić information content (AvgIpc) is 3.21. The summed E-state index contributed by atoms with van der Waals surface area (Å²) in [5.74, 6) is 2.06. The van der Waals surface area contributed by atoms with Gasteiger partial charge in [0.1, 0.15) is 23.0 Å². The number of nitrogens with one attached hydrogen (secondary N) is 2. The Morgan fingerprint density at radius 2 is 1.90 bits per heavy atom. The van der Waals surface area contributed by atoms with Crippen LogP contribution in [-0.4, -0.2) is 32.9 Å². The van der Waals surface area contributed by atoms with Gasteiger partial charge in [-0.15, -0.1) is 0 Å². The maximum absolute atomic E-state index is 11.9. The molecule has 3 aromatic rings. The van der Waals surface area contributed by atoms with E-state index in [0.29, 0.717) is 28.0 Å². The molecule has 1 heterocycles. The third-order valence-electron chi connectivity index (χ3n) is 3.99. The first kappa shape index (κ1) is 20.3. The first-order valence-electron chi connectivity index (χ1n) is 8.73. The standard InChI is InChI=1S/C21H20ClN3O4/c1-27-19-9-7-14(11-16(19)22)18-10-8-15(29-18)12-24-25-21(26)13-23-17-5-3-4-6-20(17)28-2/h3-12,23H,13H2,1-2H3,(H,25,26). The van der Waals surface area contributed by atoms with Crippen LogP contribution in [0, 0.1) is 0 Å². The second kappa shape index (κ2) is 9.66. The first-order chi connectivity index (χ1) is 14.1. The topological polar surface area (TPSA) is 85.1 Å². The van der Waals surface area contributed by atoms with Crippen molar-refractivity contribution >= 4 is 29.4 Å². The number of amides is 1. The van der Waals surface area contributed by atoms with E-state index in [2.05, 4.69) is 15.8 Å². The molecule has 0 bridgehead atoms. The monoisotopic (exact) mass is 413 g/mol. The highest BCUT2D eigenvalue weighted by atomic mass is 35.5. The molecule has 0 saturated heterocycles. The Morgan fingerprint density at radius 1 is 1.10 bits per heavy atom. The summed E-state index contributed by atoms with van der Waals surface area (Å²) in [6.07, 6.45) is 1.43. The van der Waals surface area contributed by atoms with Gasteiger partial charge in [-0.2, -0.15) is 5.10 Å². The fourth-order valence-corrected chi connectivity index (χ4v) is 2.83. The molecule has 3 rings (SSSR count). The van der Waals surface area contributed by atoms with E-state index in [1.807, 2.05) is 30.3 Å². The summed E-state index contributed by atoms with van der Waals surface area (Å²) in [6, 6.07) is 16.2. The van der Waals surface area contributed by atoms with Crippen LogP contribution in [0.5, 0.6) is 11.5 Å². The van der Waals surface area contributed by atoms with Gasteiger partial charge in [0.05, 0.1) is 37.7 Å². The number of anilines is 1. The summed E-state index contributed by atoms with van der Waals surface area (Å²) >= 11 is 6.14. The normalized spacial score (nSPS) is 10.7. The number of carbonyl (C=O) groups excluding carboxylic acids is 1. The van der Waals surface area contributed by atoms with Crippen molar-refractivity contribution in [1.82, 2.24) is 5.43 Å². The molecule has 0 saturated carbocycles. The number of methoxy groups -OCH3 is 2. The lowest BCUT2D eigenvalue weighted by atomic mass is 10.2. The van der Waals surface area contributed by atoms with Crippen LogP contribution in [0.1, 0.15) is 5.76 Å². The third kappa shape index (κ3) is 5.30. The maximum Gasteiger partial charge on any atom is 0.259 e. The lowest BCUT2D eigenvalue weighted by Crippen LogP contribution is -2.26. The van der Waals surface area contributed by atoms with Gasteiger partial charge in [-0.05, 0) is 42.5 Å². The summed E-state index contributed by atoms with van der Waals surface area (Å²) in [4.78, 5) is 11.9. The molecular weight excluding hydrogens is 394 g/mol. The highest BCUT2D eigenvalue weighted by Crippen LogP contribution is 2.30. The third-order valence-corrected chi connectivity index (χ3v) is 4.29. The SMILES string of the molecule is COc1ccc(-c2ccc(C=NNC(=O)CNc3ccccc3OC)o2)cc1Cl. The van der Waals surface area contributed by atoms with Gasteiger partial charge in [-0.3, -0.25) is 4.79 Å². The second-order valence-corrected chi connectivity index (χ2v) is 6.31. The fourth-order valence-electron chi connectivity index (χ4n) is 2.57. The molecule has 0 aliphatic rings. The molecule has 7 nitrogen and oxygen atoms in total. The number of carbonyl (C=O) groups is 1. The van der Waals surface area contributed by atoms with Crippen molar-refractivity contribution < 1.29 is 18.7 Å². The van der Waals surface area contributed by atoms with Crippen LogP contribution in [0.2, 0.25) is 5.02 Å². The van der Waals surface area contributed by atoms with E-state index in [-0.39, 0.29) is 12.5 Å². The summed E-state index contributed by atoms with van der Waals surface area (Å²) < 4.78 is 16.1. The van der Waals surface area contributed by atoms with Gasteiger partial charge in [-0.1, -0.05) is 23.7 Å². The van der Waals surface area contributed by atoms with Crippen molar-refractivity contribution in [2.75, 3.05) is 26.1 Å². The van der Waals surface area contributed by atoms with Crippen LogP contribution in [0.25, 0.3) is 11.3 Å². The smallest absolute Gasteiger partial charge is 0.259 e. The first-order valence-corrected chi connectivity index (χ1v) is 9.11. The van der Waals surface area contributed by atoms with Crippen LogP contribution in [0.4, 0.5) is 5.69 Å². The molecule has 1 aromatic heterocycles. The van der Waals surface area contributed by atoms with Crippen molar-refractivity contribution in [1.29, 1.82) is 0 Å². The predicted molar refractivity (Wildman–Crippen MR) is 113 cm³/mol. The molecule has 0 aliphatic carbocycles. The van der Waals surface area contributed by atoms with Gasteiger partial charge in [0.25, 0.3) is 5.91 Å². The molecule has 0 aliphatic heterocycles. The van der Waals surface area contributed by atoms with Crippen LogP contribution >= 0.6 is 11.6 Å². The van der Waals surface area contributed by atoms with Crippen LogP contribution in [0.3, 0.4) is 0 Å². The van der Waals surface area contributed by atoms with E-state index in [1.165, 1.54) is 6.21 Å². The lowest BCUT2D eigenvalue weighted by molar-refractivity contribution is -0.119. The van der Waals surface area contributed by atoms with E-state index in [0.717, 1.165) is 11.3 Å². The minimum atomic E-state index is -0.305. The number of hydrogen-bond donors (Lipinski definition) is 2. The van der Waals surface area contributed by atoms with Crippen molar-refractivity contribution in [3.8, 4) is 22.8 Å². The average molecular weight is 414 g/mol. The van der Waals surface area contributed by atoms with E-state index < -0.39 is 0 Å². The van der Waals surface area contributed by atoms with Crippen LogP contribution < -0.4 is 20.2 Å².